The largest absolute Gasteiger partial charge is 0.329 e. The third kappa shape index (κ3) is 2.44. The summed E-state index contributed by atoms with van der Waals surface area (Å²) in [7, 11) is 1.98. The van der Waals surface area contributed by atoms with Crippen LogP contribution in [0, 0.1) is 6.92 Å². The molecule has 0 radical (unpaired) electrons. The molecule has 0 amide bonds. The fourth-order valence-corrected chi connectivity index (χ4v) is 2.41. The predicted octanol–water partition coefficient (Wildman–Crippen LogP) is 2.69. The van der Waals surface area contributed by atoms with Crippen LogP contribution in [0.4, 0.5) is 0 Å². The molecular weight excluding hydrogens is 280 g/mol. The molecule has 2 rings (SSSR count). The first kappa shape index (κ1) is 12.4. The molecule has 0 aliphatic heterocycles. The van der Waals surface area contributed by atoms with Crippen molar-refractivity contribution in [1.82, 2.24) is 19.3 Å². The molecule has 5 heteroatoms. The molecule has 0 N–H and O–H groups in total. The van der Waals surface area contributed by atoms with Crippen molar-refractivity contribution in [3.05, 3.63) is 34.1 Å². The highest BCUT2D eigenvalue weighted by Gasteiger charge is 2.12. The van der Waals surface area contributed by atoms with Crippen molar-refractivity contribution in [2.75, 3.05) is 0 Å². The maximum absolute atomic E-state index is 4.40. The molecule has 0 saturated heterocycles. The number of halogens is 1. The Hall–Kier alpha value is -1.10. The quantitative estimate of drug-likeness (QED) is 0.870. The molecule has 0 unspecified atom stereocenters. The molecule has 0 atom stereocenters. The third-order valence-corrected chi connectivity index (χ3v) is 3.89. The fraction of sp³-hybridized carbons (Fsp3) is 0.500. The molecule has 92 valence electrons. The van der Waals surface area contributed by atoms with Gasteiger partial charge in [-0.05, 0) is 29.3 Å². The van der Waals surface area contributed by atoms with Crippen LogP contribution in [0.25, 0.3) is 0 Å². The molecule has 0 spiro atoms. The van der Waals surface area contributed by atoms with Crippen molar-refractivity contribution in [2.45, 2.75) is 33.2 Å². The van der Waals surface area contributed by atoms with Crippen LogP contribution in [0.1, 0.15) is 30.6 Å². The molecule has 17 heavy (non-hydrogen) atoms. The van der Waals surface area contributed by atoms with Crippen molar-refractivity contribution < 1.29 is 0 Å². The number of imidazole rings is 1. The van der Waals surface area contributed by atoms with Crippen molar-refractivity contribution in [2.24, 2.45) is 7.05 Å². The van der Waals surface area contributed by atoms with E-state index in [0.717, 1.165) is 35.4 Å². The van der Waals surface area contributed by atoms with E-state index in [0.29, 0.717) is 0 Å². The van der Waals surface area contributed by atoms with E-state index in [1.54, 1.807) is 0 Å². The zero-order valence-corrected chi connectivity index (χ0v) is 12.0. The van der Waals surface area contributed by atoms with Crippen molar-refractivity contribution >= 4 is 15.9 Å². The highest BCUT2D eigenvalue weighted by molar-refractivity contribution is 9.10. The van der Waals surface area contributed by atoms with E-state index in [-0.39, 0.29) is 0 Å². The molecule has 2 aromatic rings. The number of hydrogen-bond acceptors (Lipinski definition) is 2. The maximum atomic E-state index is 4.40. The predicted molar refractivity (Wildman–Crippen MR) is 71.0 cm³/mol. The second-order valence-electron chi connectivity index (χ2n) is 4.19. The number of nitrogens with zero attached hydrogens (tertiary/aromatic N) is 4. The van der Waals surface area contributed by atoms with Gasteiger partial charge in [0.25, 0.3) is 0 Å². The van der Waals surface area contributed by atoms with Crippen LogP contribution in [0.15, 0.2) is 16.9 Å². The number of hydrogen-bond donors (Lipinski definition) is 0. The Balaban J connectivity index is 2.28. The first-order valence-electron chi connectivity index (χ1n) is 5.81. The van der Waals surface area contributed by atoms with Crippen LogP contribution >= 0.6 is 15.9 Å². The van der Waals surface area contributed by atoms with Crippen molar-refractivity contribution in [3.8, 4) is 0 Å². The first-order chi connectivity index (χ1) is 8.13. The summed E-state index contributed by atoms with van der Waals surface area (Å²) in [5, 5.41) is 4.40. The molecule has 0 aromatic carbocycles. The van der Waals surface area contributed by atoms with Crippen LogP contribution in [0.3, 0.4) is 0 Å². The molecule has 0 aliphatic carbocycles. The Kier molecular flexibility index (Phi) is 3.66. The summed E-state index contributed by atoms with van der Waals surface area (Å²) in [5.74, 6) is 1.14. The van der Waals surface area contributed by atoms with E-state index in [1.165, 1.54) is 5.69 Å². The van der Waals surface area contributed by atoms with Crippen LogP contribution in [-0.2, 0) is 20.0 Å². The highest BCUT2D eigenvalue weighted by Crippen LogP contribution is 2.21. The molecule has 2 heterocycles. The fourth-order valence-electron chi connectivity index (χ4n) is 1.95. The lowest BCUT2D eigenvalue weighted by atomic mass is 10.3. The van der Waals surface area contributed by atoms with E-state index in [1.807, 2.05) is 31.0 Å². The van der Waals surface area contributed by atoms with Crippen LogP contribution in [0.5, 0.6) is 0 Å². The van der Waals surface area contributed by atoms with Crippen LogP contribution in [0.2, 0.25) is 0 Å². The average molecular weight is 297 g/mol. The standard InChI is InChI=1S/C12H17BrN4/c1-4-5-11-14-6-7-17(11)8-10-12(13)9(2)15-16(10)3/h6-7H,4-5,8H2,1-3H3. The molecule has 0 aliphatic rings. The highest BCUT2D eigenvalue weighted by atomic mass is 79.9. The van der Waals surface area contributed by atoms with Crippen molar-refractivity contribution in [1.29, 1.82) is 0 Å². The summed E-state index contributed by atoms with van der Waals surface area (Å²) < 4.78 is 5.20. The maximum Gasteiger partial charge on any atom is 0.108 e. The summed E-state index contributed by atoms with van der Waals surface area (Å²) in [4.78, 5) is 4.39. The number of aromatic nitrogens is 4. The molecule has 0 saturated carbocycles. The van der Waals surface area contributed by atoms with E-state index < -0.39 is 0 Å². The lowest BCUT2D eigenvalue weighted by Gasteiger charge is -2.08. The van der Waals surface area contributed by atoms with Gasteiger partial charge >= 0.3 is 0 Å². The van der Waals surface area contributed by atoms with Gasteiger partial charge in [0.15, 0.2) is 0 Å². The van der Waals surface area contributed by atoms with Gasteiger partial charge in [0.05, 0.1) is 22.4 Å². The summed E-state index contributed by atoms with van der Waals surface area (Å²) in [6, 6.07) is 0. The summed E-state index contributed by atoms with van der Waals surface area (Å²) in [5.41, 5.74) is 2.21. The summed E-state index contributed by atoms with van der Waals surface area (Å²) in [6.07, 6.45) is 6.02. The summed E-state index contributed by atoms with van der Waals surface area (Å²) in [6.45, 7) is 4.99. The lowest BCUT2D eigenvalue weighted by Crippen LogP contribution is -2.08. The third-order valence-electron chi connectivity index (χ3n) is 2.86. The Morgan fingerprint density at radius 2 is 2.18 bits per heavy atom. The van der Waals surface area contributed by atoms with E-state index in [9.17, 15) is 0 Å². The van der Waals surface area contributed by atoms with Crippen molar-refractivity contribution in [3.63, 3.8) is 0 Å². The molecule has 4 nitrogen and oxygen atoms in total. The minimum Gasteiger partial charge on any atom is -0.329 e. The van der Waals surface area contributed by atoms with Crippen LogP contribution < -0.4 is 0 Å². The Bertz CT molecular complexity index is 513. The number of aryl methyl sites for hydroxylation is 3. The van der Waals surface area contributed by atoms with Gasteiger partial charge in [-0.2, -0.15) is 5.10 Å². The van der Waals surface area contributed by atoms with E-state index in [4.69, 9.17) is 0 Å². The van der Waals surface area contributed by atoms with Gasteiger partial charge in [-0.15, -0.1) is 0 Å². The van der Waals surface area contributed by atoms with Gasteiger partial charge in [0.1, 0.15) is 5.82 Å². The smallest absolute Gasteiger partial charge is 0.108 e. The number of rotatable bonds is 4. The zero-order chi connectivity index (χ0) is 12.4. The minimum absolute atomic E-state index is 0.813. The second kappa shape index (κ2) is 5.04. The molecular formula is C12H17BrN4. The van der Waals surface area contributed by atoms with Crippen LogP contribution in [-0.4, -0.2) is 19.3 Å². The molecule has 0 fully saturated rings. The van der Waals surface area contributed by atoms with E-state index >= 15 is 0 Å². The normalized spacial score (nSPS) is 11.1. The SMILES string of the molecule is CCCc1nccn1Cc1c(Br)c(C)nn1C. The van der Waals surface area contributed by atoms with Gasteiger partial charge in [-0.3, -0.25) is 4.68 Å². The minimum atomic E-state index is 0.813. The van der Waals surface area contributed by atoms with Gasteiger partial charge in [-0.25, -0.2) is 4.98 Å². The molecule has 2 aromatic heterocycles. The lowest BCUT2D eigenvalue weighted by molar-refractivity contribution is 0.635. The first-order valence-corrected chi connectivity index (χ1v) is 6.60. The average Bonchev–Trinajstić information content (AvgIpc) is 2.81. The van der Waals surface area contributed by atoms with E-state index in [2.05, 4.69) is 37.5 Å². The second-order valence-corrected chi connectivity index (χ2v) is 4.98. The Morgan fingerprint density at radius 3 is 2.76 bits per heavy atom. The Morgan fingerprint density at radius 1 is 1.41 bits per heavy atom. The monoisotopic (exact) mass is 296 g/mol. The van der Waals surface area contributed by atoms with Gasteiger partial charge in [-0.1, -0.05) is 6.92 Å². The zero-order valence-electron chi connectivity index (χ0n) is 10.4. The van der Waals surface area contributed by atoms with Gasteiger partial charge < -0.3 is 4.57 Å². The Labute approximate surface area is 110 Å². The van der Waals surface area contributed by atoms with Gasteiger partial charge in [0, 0.05) is 25.9 Å². The van der Waals surface area contributed by atoms with Gasteiger partial charge in [0.2, 0.25) is 0 Å². The topological polar surface area (TPSA) is 35.6 Å². The molecule has 0 bridgehead atoms. The summed E-state index contributed by atoms with van der Waals surface area (Å²) >= 11 is 3.59.